The molecule has 7 nitrogen and oxygen atoms in total. The minimum atomic E-state index is -0.551. The van der Waals surface area contributed by atoms with Crippen molar-refractivity contribution in [3.63, 3.8) is 0 Å². The number of nitrogen functional groups attached to an aromatic ring is 1. The second kappa shape index (κ2) is 11.3. The van der Waals surface area contributed by atoms with E-state index < -0.39 is 6.04 Å². The minimum Gasteiger partial charge on any atom is -0.384 e. The first-order valence-electron chi connectivity index (χ1n) is 11.2. The summed E-state index contributed by atoms with van der Waals surface area (Å²) < 4.78 is 0. The third-order valence-corrected chi connectivity index (χ3v) is 6.62. The lowest BCUT2D eigenvalue weighted by Gasteiger charge is -2.35. The number of rotatable bonds is 9. The average molecular weight is 418 g/mol. The number of nitrogens with two attached hydrogens (primary N) is 1. The monoisotopic (exact) mass is 417 g/mol. The smallest absolute Gasteiger partial charge is 0.243 e. The van der Waals surface area contributed by atoms with Crippen LogP contribution in [0.5, 0.6) is 0 Å². The highest BCUT2D eigenvalue weighted by Crippen LogP contribution is 2.31. The number of nitrogens with one attached hydrogen (secondary N) is 2. The summed E-state index contributed by atoms with van der Waals surface area (Å²) in [5, 5.41) is 6.05. The molecule has 1 aliphatic rings. The zero-order valence-electron chi connectivity index (χ0n) is 19.1. The van der Waals surface area contributed by atoms with E-state index >= 15 is 0 Å². The van der Waals surface area contributed by atoms with Crippen LogP contribution in [0.25, 0.3) is 0 Å². The van der Waals surface area contributed by atoms with Gasteiger partial charge in [-0.15, -0.1) is 0 Å². The van der Waals surface area contributed by atoms with E-state index in [-0.39, 0.29) is 29.8 Å². The lowest BCUT2D eigenvalue weighted by Crippen LogP contribution is -2.56. The van der Waals surface area contributed by atoms with Gasteiger partial charge in [-0.25, -0.2) is 4.98 Å². The van der Waals surface area contributed by atoms with E-state index in [9.17, 15) is 9.59 Å². The molecule has 30 heavy (non-hydrogen) atoms. The molecule has 1 saturated carbocycles. The first kappa shape index (κ1) is 24.1. The largest absolute Gasteiger partial charge is 0.384 e. The number of anilines is 1. The van der Waals surface area contributed by atoms with Gasteiger partial charge in [-0.2, -0.15) is 0 Å². The van der Waals surface area contributed by atoms with Crippen molar-refractivity contribution >= 4 is 17.6 Å². The summed E-state index contributed by atoms with van der Waals surface area (Å²) in [6.07, 6.45) is 7.54. The van der Waals surface area contributed by atoms with E-state index in [1.807, 2.05) is 24.9 Å². The summed E-state index contributed by atoms with van der Waals surface area (Å²) in [5.41, 5.74) is 6.51. The fourth-order valence-corrected chi connectivity index (χ4v) is 4.11. The number of aromatic nitrogens is 1. The normalized spacial score (nSPS) is 18.1. The number of hydrogen-bond acceptors (Lipinski definition) is 5. The van der Waals surface area contributed by atoms with Gasteiger partial charge in [-0.3, -0.25) is 14.5 Å². The van der Waals surface area contributed by atoms with Crippen molar-refractivity contribution in [2.75, 3.05) is 12.8 Å². The van der Waals surface area contributed by atoms with Crippen LogP contribution in [0, 0.1) is 11.8 Å². The Kier molecular flexibility index (Phi) is 9.08. The summed E-state index contributed by atoms with van der Waals surface area (Å²) in [6, 6.07) is 2.95. The van der Waals surface area contributed by atoms with Crippen LogP contribution < -0.4 is 16.4 Å². The maximum Gasteiger partial charge on any atom is 0.243 e. The van der Waals surface area contributed by atoms with Gasteiger partial charge in [-0.1, -0.05) is 45.1 Å². The Morgan fingerprint density at radius 2 is 1.80 bits per heavy atom. The Balaban J connectivity index is 2.09. The van der Waals surface area contributed by atoms with Crippen molar-refractivity contribution in [2.24, 2.45) is 11.8 Å². The molecule has 0 radical (unpaired) electrons. The highest BCUT2D eigenvalue weighted by Gasteiger charge is 2.34. The molecule has 168 valence electrons. The fraction of sp³-hybridized carbons (Fsp3) is 0.696. The molecule has 0 spiro atoms. The molecular weight excluding hydrogens is 378 g/mol. The van der Waals surface area contributed by atoms with Crippen LogP contribution in [0.4, 0.5) is 5.82 Å². The molecule has 0 aliphatic heterocycles. The van der Waals surface area contributed by atoms with Crippen LogP contribution in [0.15, 0.2) is 18.3 Å². The van der Waals surface area contributed by atoms with Crippen LogP contribution in [-0.4, -0.2) is 46.9 Å². The van der Waals surface area contributed by atoms with Gasteiger partial charge in [0.05, 0.1) is 6.04 Å². The molecule has 1 aliphatic carbocycles. The number of amides is 2. The summed E-state index contributed by atoms with van der Waals surface area (Å²) in [5.74, 6) is 0.728. The van der Waals surface area contributed by atoms with Gasteiger partial charge in [0, 0.05) is 18.8 Å². The number of hydrogen-bond donors (Lipinski definition) is 3. The van der Waals surface area contributed by atoms with Crippen molar-refractivity contribution in [3.05, 3.63) is 23.9 Å². The molecule has 1 heterocycles. The van der Waals surface area contributed by atoms with Gasteiger partial charge < -0.3 is 16.4 Å². The third kappa shape index (κ3) is 6.69. The molecule has 1 fully saturated rings. The Morgan fingerprint density at radius 1 is 1.13 bits per heavy atom. The second-order valence-corrected chi connectivity index (χ2v) is 8.99. The fourth-order valence-electron chi connectivity index (χ4n) is 4.11. The number of carbonyl (C=O) groups is 2. The molecule has 2 amide bonds. The van der Waals surface area contributed by atoms with Gasteiger partial charge in [0.15, 0.2) is 0 Å². The van der Waals surface area contributed by atoms with E-state index in [1.165, 1.54) is 19.3 Å². The van der Waals surface area contributed by atoms with Crippen molar-refractivity contribution in [1.29, 1.82) is 0 Å². The van der Waals surface area contributed by atoms with Gasteiger partial charge in [-0.05, 0) is 51.3 Å². The molecule has 1 aromatic heterocycles. The van der Waals surface area contributed by atoms with Crippen LogP contribution in [-0.2, 0) is 16.1 Å². The minimum absolute atomic E-state index is 0.0790. The number of carbonyl (C=O) groups excluding carboxylic acids is 2. The van der Waals surface area contributed by atoms with Crippen molar-refractivity contribution < 1.29 is 9.59 Å². The highest BCUT2D eigenvalue weighted by atomic mass is 16.2. The summed E-state index contributed by atoms with van der Waals surface area (Å²) in [4.78, 5) is 32.2. The van der Waals surface area contributed by atoms with Gasteiger partial charge in [0.1, 0.15) is 11.9 Å². The third-order valence-electron chi connectivity index (χ3n) is 6.62. The van der Waals surface area contributed by atoms with Gasteiger partial charge in [0.2, 0.25) is 11.8 Å². The maximum absolute atomic E-state index is 13.1. The molecular formula is C23H39N5O2. The molecule has 4 N–H and O–H groups in total. The lowest BCUT2D eigenvalue weighted by atomic mass is 9.77. The van der Waals surface area contributed by atoms with Gasteiger partial charge in [0.25, 0.3) is 0 Å². The van der Waals surface area contributed by atoms with Crippen molar-refractivity contribution in [2.45, 2.75) is 84.5 Å². The van der Waals surface area contributed by atoms with E-state index in [1.54, 1.807) is 12.3 Å². The van der Waals surface area contributed by atoms with Crippen LogP contribution in [0.3, 0.4) is 0 Å². The molecule has 3 atom stereocenters. The summed E-state index contributed by atoms with van der Waals surface area (Å²) >= 11 is 0. The average Bonchev–Trinajstić information content (AvgIpc) is 2.75. The predicted octanol–water partition coefficient (Wildman–Crippen LogP) is 2.71. The van der Waals surface area contributed by atoms with E-state index in [4.69, 9.17) is 5.73 Å². The first-order valence-corrected chi connectivity index (χ1v) is 11.2. The van der Waals surface area contributed by atoms with Gasteiger partial charge >= 0.3 is 0 Å². The first-order chi connectivity index (χ1) is 14.2. The summed E-state index contributed by atoms with van der Waals surface area (Å²) in [7, 11) is 1.93. The molecule has 0 aromatic carbocycles. The van der Waals surface area contributed by atoms with Crippen molar-refractivity contribution in [3.8, 4) is 0 Å². The molecule has 2 unspecified atom stereocenters. The predicted molar refractivity (Wildman–Crippen MR) is 121 cm³/mol. The van der Waals surface area contributed by atoms with E-state index in [0.29, 0.717) is 18.3 Å². The van der Waals surface area contributed by atoms with Crippen LogP contribution >= 0.6 is 0 Å². The molecule has 7 heteroatoms. The van der Waals surface area contributed by atoms with E-state index in [2.05, 4.69) is 36.4 Å². The molecule has 0 saturated heterocycles. The number of nitrogens with zero attached hydrogens (tertiary/aromatic N) is 2. The standard InChI is InChI=1S/C23H39N5O2/c1-15(2)28(5)17(4)22(29)27-21(16(3)19-9-7-6-8-10-19)23(30)26-14-18-11-12-20(24)25-13-18/h11-13,15-17,19,21H,6-10,14H2,1-5H3,(H2,24,25)(H,26,30)(H,27,29)/t16?,17-,21?/m0/s1. The topological polar surface area (TPSA) is 100 Å². The Labute approximate surface area is 181 Å². The quantitative estimate of drug-likeness (QED) is 0.574. The van der Waals surface area contributed by atoms with E-state index in [0.717, 1.165) is 18.4 Å². The summed E-state index contributed by atoms with van der Waals surface area (Å²) in [6.45, 7) is 8.45. The molecule has 2 rings (SSSR count). The highest BCUT2D eigenvalue weighted by molar-refractivity contribution is 5.89. The Bertz CT molecular complexity index is 685. The van der Waals surface area contributed by atoms with Crippen molar-refractivity contribution in [1.82, 2.24) is 20.5 Å². The zero-order chi connectivity index (χ0) is 22.3. The van der Waals surface area contributed by atoms with Crippen LogP contribution in [0.1, 0.15) is 65.4 Å². The molecule has 1 aromatic rings. The second-order valence-electron chi connectivity index (χ2n) is 8.99. The lowest BCUT2D eigenvalue weighted by molar-refractivity contribution is -0.133. The zero-order valence-corrected chi connectivity index (χ0v) is 19.1. The number of likely N-dealkylation sites (N-methyl/N-ethyl adjacent to an activating group) is 1. The Morgan fingerprint density at radius 3 is 2.37 bits per heavy atom. The maximum atomic E-state index is 13.1. The number of pyridine rings is 1. The Hall–Kier alpha value is -2.15. The SMILES string of the molecule is CC(C1CCCCC1)C(NC(=O)[C@H](C)N(C)C(C)C)C(=O)NCc1ccc(N)nc1. The van der Waals surface area contributed by atoms with Crippen LogP contribution in [0.2, 0.25) is 0 Å². The molecule has 0 bridgehead atoms.